The van der Waals surface area contributed by atoms with E-state index in [1.807, 2.05) is 11.7 Å². The molecule has 15 heavy (non-hydrogen) atoms. The second-order valence-corrected chi connectivity index (χ2v) is 4.43. The largest absolute Gasteiger partial charge is 0.267 e. The van der Waals surface area contributed by atoms with E-state index in [1.165, 1.54) is 33.2 Å². The quantitative estimate of drug-likeness (QED) is 0.642. The molecule has 0 saturated heterocycles. The Balaban J connectivity index is 3.10. The number of aromatic nitrogens is 2. The lowest BCUT2D eigenvalue weighted by atomic mass is 9.94. The average molecular weight is 202 g/mol. The number of benzene rings is 1. The number of rotatable bonds is 0. The molecule has 80 valence electrons. The number of nitrogens with zero attached hydrogens (tertiary/aromatic N) is 2. The van der Waals surface area contributed by atoms with Crippen molar-refractivity contribution in [1.29, 1.82) is 0 Å². The van der Waals surface area contributed by atoms with E-state index < -0.39 is 0 Å². The molecular weight excluding hydrogens is 184 g/mol. The van der Waals surface area contributed by atoms with Crippen molar-refractivity contribution in [2.24, 2.45) is 7.05 Å². The van der Waals surface area contributed by atoms with Crippen molar-refractivity contribution < 1.29 is 0 Å². The van der Waals surface area contributed by atoms with Crippen molar-refractivity contribution >= 4 is 10.9 Å². The molecule has 0 saturated carbocycles. The standard InChI is InChI=1S/C13H18N2/c1-7-8(2)10(4)13-12(9(7)3)11(5)14-15(13)6/h1-6H3. The van der Waals surface area contributed by atoms with Gasteiger partial charge in [-0.15, -0.1) is 0 Å². The lowest BCUT2D eigenvalue weighted by Gasteiger charge is -2.11. The van der Waals surface area contributed by atoms with E-state index in [9.17, 15) is 0 Å². The number of aryl methyl sites for hydroxylation is 4. The zero-order valence-electron chi connectivity index (χ0n) is 10.4. The monoisotopic (exact) mass is 202 g/mol. The minimum absolute atomic E-state index is 1.14. The molecule has 0 spiro atoms. The van der Waals surface area contributed by atoms with Crippen LogP contribution in [0.25, 0.3) is 10.9 Å². The fourth-order valence-corrected chi connectivity index (χ4v) is 2.46. The summed E-state index contributed by atoms with van der Waals surface area (Å²) < 4.78 is 2.00. The van der Waals surface area contributed by atoms with E-state index in [0.29, 0.717) is 0 Å². The smallest absolute Gasteiger partial charge is 0.0716 e. The van der Waals surface area contributed by atoms with Crippen molar-refractivity contribution in [3.05, 3.63) is 27.9 Å². The Labute approximate surface area is 90.9 Å². The van der Waals surface area contributed by atoms with Crippen LogP contribution in [0.4, 0.5) is 0 Å². The van der Waals surface area contributed by atoms with Crippen molar-refractivity contribution in [2.45, 2.75) is 34.6 Å². The highest BCUT2D eigenvalue weighted by atomic mass is 15.3. The Morgan fingerprint density at radius 2 is 1.33 bits per heavy atom. The summed E-state index contributed by atoms with van der Waals surface area (Å²) in [6.07, 6.45) is 0. The topological polar surface area (TPSA) is 17.8 Å². The van der Waals surface area contributed by atoms with Crippen LogP contribution in [0.2, 0.25) is 0 Å². The highest BCUT2D eigenvalue weighted by Gasteiger charge is 2.14. The fourth-order valence-electron chi connectivity index (χ4n) is 2.46. The molecule has 0 atom stereocenters. The Morgan fingerprint density at radius 1 is 0.800 bits per heavy atom. The van der Waals surface area contributed by atoms with Gasteiger partial charge in [0.1, 0.15) is 0 Å². The SMILES string of the molecule is Cc1c(C)c(C)c2c(c(C)nn2C)c1C. The first-order chi connectivity index (χ1) is 6.95. The molecule has 2 aromatic rings. The lowest BCUT2D eigenvalue weighted by Crippen LogP contribution is -1.97. The Kier molecular flexibility index (Phi) is 2.10. The molecule has 0 radical (unpaired) electrons. The highest BCUT2D eigenvalue weighted by Crippen LogP contribution is 2.30. The summed E-state index contributed by atoms with van der Waals surface area (Å²) >= 11 is 0. The zero-order chi connectivity index (χ0) is 11.3. The summed E-state index contributed by atoms with van der Waals surface area (Å²) in [5.74, 6) is 0. The molecule has 1 heterocycles. The normalized spacial score (nSPS) is 11.3. The third kappa shape index (κ3) is 1.21. The molecule has 2 nitrogen and oxygen atoms in total. The maximum Gasteiger partial charge on any atom is 0.0716 e. The van der Waals surface area contributed by atoms with Crippen LogP contribution in [0.5, 0.6) is 0 Å². The minimum Gasteiger partial charge on any atom is -0.267 e. The molecule has 0 amide bonds. The van der Waals surface area contributed by atoms with Crippen molar-refractivity contribution in [3.63, 3.8) is 0 Å². The number of hydrogen-bond acceptors (Lipinski definition) is 1. The van der Waals surface area contributed by atoms with Crippen molar-refractivity contribution in [1.82, 2.24) is 9.78 Å². The van der Waals surface area contributed by atoms with Crippen molar-refractivity contribution in [3.8, 4) is 0 Å². The second kappa shape index (κ2) is 3.09. The van der Waals surface area contributed by atoms with Gasteiger partial charge < -0.3 is 0 Å². The van der Waals surface area contributed by atoms with Crippen LogP contribution >= 0.6 is 0 Å². The molecule has 0 fully saturated rings. The van der Waals surface area contributed by atoms with Crippen LogP contribution in [0.15, 0.2) is 0 Å². The van der Waals surface area contributed by atoms with Crippen LogP contribution < -0.4 is 0 Å². The fraction of sp³-hybridized carbons (Fsp3) is 0.462. The number of hydrogen-bond donors (Lipinski definition) is 0. The van der Waals surface area contributed by atoms with E-state index in [2.05, 4.69) is 39.7 Å². The first-order valence-corrected chi connectivity index (χ1v) is 5.34. The van der Waals surface area contributed by atoms with Gasteiger partial charge in [-0.25, -0.2) is 0 Å². The Morgan fingerprint density at radius 3 is 1.93 bits per heavy atom. The first-order valence-electron chi connectivity index (χ1n) is 5.34. The third-order valence-corrected chi connectivity index (χ3v) is 3.64. The van der Waals surface area contributed by atoms with Crippen LogP contribution in [-0.4, -0.2) is 9.78 Å². The Bertz CT molecular complexity index is 500. The predicted molar refractivity (Wildman–Crippen MR) is 64.4 cm³/mol. The molecule has 0 N–H and O–H groups in total. The van der Waals surface area contributed by atoms with E-state index in [0.717, 1.165) is 5.69 Å². The summed E-state index contributed by atoms with van der Waals surface area (Å²) in [5.41, 5.74) is 7.94. The summed E-state index contributed by atoms with van der Waals surface area (Å²) in [6, 6.07) is 0. The molecule has 0 aliphatic rings. The second-order valence-electron chi connectivity index (χ2n) is 4.43. The van der Waals surface area contributed by atoms with Gasteiger partial charge >= 0.3 is 0 Å². The third-order valence-electron chi connectivity index (χ3n) is 3.64. The van der Waals surface area contributed by atoms with Gasteiger partial charge in [0.2, 0.25) is 0 Å². The average Bonchev–Trinajstić information content (AvgIpc) is 2.47. The molecule has 0 bridgehead atoms. The first kappa shape index (κ1) is 10.2. The molecule has 2 heteroatoms. The van der Waals surface area contributed by atoms with Crippen LogP contribution in [-0.2, 0) is 7.05 Å². The Hall–Kier alpha value is -1.31. The number of fused-ring (bicyclic) bond motifs is 1. The summed E-state index contributed by atoms with van der Waals surface area (Å²) in [6.45, 7) is 10.9. The maximum atomic E-state index is 4.51. The molecule has 1 aromatic carbocycles. The minimum atomic E-state index is 1.14. The van der Waals surface area contributed by atoms with E-state index >= 15 is 0 Å². The predicted octanol–water partition coefficient (Wildman–Crippen LogP) is 3.12. The zero-order valence-corrected chi connectivity index (χ0v) is 10.4. The molecular formula is C13H18N2. The molecule has 0 aliphatic heterocycles. The van der Waals surface area contributed by atoms with E-state index in [-0.39, 0.29) is 0 Å². The molecule has 1 aromatic heterocycles. The van der Waals surface area contributed by atoms with Gasteiger partial charge in [-0.3, -0.25) is 4.68 Å². The van der Waals surface area contributed by atoms with Crippen molar-refractivity contribution in [2.75, 3.05) is 0 Å². The van der Waals surface area contributed by atoms with Gasteiger partial charge in [0.15, 0.2) is 0 Å². The maximum absolute atomic E-state index is 4.51. The van der Waals surface area contributed by atoms with Gasteiger partial charge in [-0.2, -0.15) is 5.10 Å². The van der Waals surface area contributed by atoms with E-state index in [4.69, 9.17) is 0 Å². The van der Waals surface area contributed by atoms with Gasteiger partial charge in [-0.05, 0) is 56.9 Å². The molecule has 0 unspecified atom stereocenters. The van der Waals surface area contributed by atoms with Gasteiger partial charge in [0, 0.05) is 12.4 Å². The van der Waals surface area contributed by atoms with Gasteiger partial charge in [0.05, 0.1) is 11.2 Å². The van der Waals surface area contributed by atoms with Crippen LogP contribution in [0, 0.1) is 34.6 Å². The lowest BCUT2D eigenvalue weighted by molar-refractivity contribution is 0.781. The van der Waals surface area contributed by atoms with Crippen LogP contribution in [0.3, 0.4) is 0 Å². The summed E-state index contributed by atoms with van der Waals surface area (Å²) in [4.78, 5) is 0. The molecule has 0 aliphatic carbocycles. The summed E-state index contributed by atoms with van der Waals surface area (Å²) in [5, 5.41) is 5.84. The highest BCUT2D eigenvalue weighted by molar-refractivity contribution is 5.90. The molecule has 2 rings (SSSR count). The summed E-state index contributed by atoms with van der Waals surface area (Å²) in [7, 11) is 2.02. The van der Waals surface area contributed by atoms with E-state index in [1.54, 1.807) is 0 Å². The van der Waals surface area contributed by atoms with Gasteiger partial charge in [0.25, 0.3) is 0 Å². The van der Waals surface area contributed by atoms with Gasteiger partial charge in [-0.1, -0.05) is 0 Å². The van der Waals surface area contributed by atoms with Crippen LogP contribution in [0.1, 0.15) is 27.9 Å².